The van der Waals surface area contributed by atoms with Crippen molar-refractivity contribution in [2.24, 2.45) is 23.7 Å². The average Bonchev–Trinajstić information content (AvgIpc) is 3.54. The molecule has 270 valence electrons. The molecule has 4 aliphatic rings. The lowest BCUT2D eigenvalue weighted by molar-refractivity contribution is -0.149. The van der Waals surface area contributed by atoms with E-state index in [0.29, 0.717) is 23.0 Å². The highest BCUT2D eigenvalue weighted by Gasteiger charge is 2.49. The van der Waals surface area contributed by atoms with Crippen LogP contribution in [-0.4, -0.2) is 38.1 Å². The van der Waals surface area contributed by atoms with Crippen LogP contribution in [0.25, 0.3) is 30.4 Å². The Kier molecular flexibility index (Phi) is 10.4. The van der Waals surface area contributed by atoms with Gasteiger partial charge in [0.15, 0.2) is 0 Å². The summed E-state index contributed by atoms with van der Waals surface area (Å²) < 4.78 is 5.40. The third-order valence-electron chi connectivity index (χ3n) is 12.5. The van der Waals surface area contributed by atoms with Gasteiger partial charge in [-0.15, -0.1) is 0 Å². The van der Waals surface area contributed by atoms with Crippen LogP contribution < -0.4 is 9.80 Å². The highest BCUT2D eigenvalue weighted by Crippen LogP contribution is 2.58. The summed E-state index contributed by atoms with van der Waals surface area (Å²) in [6.45, 7) is 16.9. The van der Waals surface area contributed by atoms with Crippen molar-refractivity contribution in [2.45, 2.75) is 73.6 Å². The second-order valence-corrected chi connectivity index (χ2v) is 15.3. The number of benzene rings is 3. The summed E-state index contributed by atoms with van der Waals surface area (Å²) in [5.41, 5.74) is 12.1. The second kappa shape index (κ2) is 15.1. The van der Waals surface area contributed by atoms with E-state index < -0.39 is 11.9 Å². The van der Waals surface area contributed by atoms with Gasteiger partial charge in [0.2, 0.25) is 0 Å². The van der Waals surface area contributed by atoms with E-state index in [1.165, 1.54) is 29.8 Å². The van der Waals surface area contributed by atoms with E-state index in [0.717, 1.165) is 96.2 Å². The summed E-state index contributed by atoms with van der Waals surface area (Å²) in [5.74, 6) is 1.58. The van der Waals surface area contributed by atoms with E-state index in [4.69, 9.17) is 4.74 Å². The van der Waals surface area contributed by atoms with Crippen molar-refractivity contribution in [3.05, 3.63) is 110 Å². The Bertz CT molecular complexity index is 1860. The van der Waals surface area contributed by atoms with E-state index in [1.54, 1.807) is 0 Å². The Labute approximate surface area is 310 Å². The minimum atomic E-state index is -0.517. The van der Waals surface area contributed by atoms with E-state index in [2.05, 4.69) is 130 Å². The average molecular weight is 695 g/mol. The first-order chi connectivity index (χ1) is 25.2. The van der Waals surface area contributed by atoms with Crippen molar-refractivity contribution < 1.29 is 14.3 Å². The number of carbonyl (C=O) groups is 2. The van der Waals surface area contributed by atoms with E-state index in [-0.39, 0.29) is 0 Å². The Morgan fingerprint density at radius 1 is 0.654 bits per heavy atom. The van der Waals surface area contributed by atoms with Crippen LogP contribution >= 0.6 is 0 Å². The van der Waals surface area contributed by atoms with Crippen LogP contribution in [0.15, 0.2) is 71.3 Å². The first-order valence-corrected chi connectivity index (χ1v) is 19.6. The predicted octanol–water partition coefficient (Wildman–Crippen LogP) is 10.6. The molecule has 1 heterocycles. The fraction of sp³-hybridized carbons (Fsp3) is 0.404. The standard InChI is InChI=1S/C47H54N2O3/c1-7-48(8-2)40-19-13-32(14-20-40)11-17-35-26-36(18-12-33-15-21-41(22-16-33)49(9-3)10-4)31(6)42(30(35)5)29-44-45(47(51)52-46(44)50)43-28-38-24-34-23-37(38)27-39(43)25-34/h11-22,26,29,34,37-39H,7-10,23-25,27-28H2,1-6H3/b17-11+,18-12+,44-29+,45-43+. The van der Waals surface area contributed by atoms with E-state index >= 15 is 0 Å². The van der Waals surface area contributed by atoms with Gasteiger partial charge in [0.05, 0.1) is 11.1 Å². The van der Waals surface area contributed by atoms with Gasteiger partial charge in [-0.25, -0.2) is 9.59 Å². The number of allylic oxidation sites excluding steroid dienone is 1. The monoisotopic (exact) mass is 694 g/mol. The molecule has 0 N–H and O–H groups in total. The second-order valence-electron chi connectivity index (χ2n) is 15.3. The van der Waals surface area contributed by atoms with Crippen LogP contribution in [0, 0.1) is 37.5 Å². The molecule has 3 aromatic carbocycles. The van der Waals surface area contributed by atoms with Gasteiger partial charge in [0, 0.05) is 37.6 Å². The SMILES string of the molecule is CCN(CC)c1ccc(/C=C/c2cc(/C=C/c3ccc(N(CC)CC)cc3)c(C)c(/C=C3/C(=O)OC(=O)/C3=C3\CC4CC5CC3CC4C5)c2C)cc1. The number of rotatable bonds is 11. The van der Waals surface area contributed by atoms with Crippen LogP contribution in [0.3, 0.4) is 0 Å². The third kappa shape index (κ3) is 6.95. The van der Waals surface area contributed by atoms with Crippen LogP contribution in [0.2, 0.25) is 0 Å². The molecule has 3 aliphatic carbocycles. The maximum Gasteiger partial charge on any atom is 0.346 e. The molecular weight excluding hydrogens is 641 g/mol. The zero-order valence-electron chi connectivity index (χ0n) is 31.9. The summed E-state index contributed by atoms with van der Waals surface area (Å²) in [5, 5.41) is 0. The number of nitrogens with zero attached hydrogens (tertiary/aromatic N) is 2. The van der Waals surface area contributed by atoms with Gasteiger partial charge >= 0.3 is 11.9 Å². The van der Waals surface area contributed by atoms with E-state index in [1.807, 2.05) is 6.08 Å². The van der Waals surface area contributed by atoms with Gasteiger partial charge in [0.25, 0.3) is 0 Å². The van der Waals surface area contributed by atoms with Gasteiger partial charge in [-0.2, -0.15) is 0 Å². The third-order valence-corrected chi connectivity index (χ3v) is 12.5. The maximum absolute atomic E-state index is 13.5. The first kappa shape index (κ1) is 35.7. The van der Waals surface area contributed by atoms with Crippen LogP contribution in [0.4, 0.5) is 11.4 Å². The van der Waals surface area contributed by atoms with E-state index in [9.17, 15) is 9.59 Å². The molecule has 0 radical (unpaired) electrons. The van der Waals surface area contributed by atoms with Crippen molar-refractivity contribution in [2.75, 3.05) is 36.0 Å². The topological polar surface area (TPSA) is 49.9 Å². The normalized spacial score (nSPS) is 24.5. The lowest BCUT2D eigenvalue weighted by atomic mass is 9.68. The Hall–Kier alpha value is -4.64. The maximum atomic E-state index is 13.5. The highest BCUT2D eigenvalue weighted by atomic mass is 16.6. The lowest BCUT2D eigenvalue weighted by Gasteiger charge is -2.36. The summed E-state index contributed by atoms with van der Waals surface area (Å²) in [4.78, 5) is 31.6. The summed E-state index contributed by atoms with van der Waals surface area (Å²) in [6, 6.07) is 19.7. The zero-order chi connectivity index (χ0) is 36.5. The Morgan fingerprint density at radius 3 is 1.69 bits per heavy atom. The van der Waals surface area contributed by atoms with Gasteiger partial charge in [0.1, 0.15) is 0 Å². The number of anilines is 2. The summed E-state index contributed by atoms with van der Waals surface area (Å²) in [6.07, 6.45) is 16.4. The molecule has 3 bridgehead atoms. The summed E-state index contributed by atoms with van der Waals surface area (Å²) >= 11 is 0. The molecule has 5 heteroatoms. The van der Waals surface area contributed by atoms with Crippen LogP contribution in [-0.2, 0) is 14.3 Å². The highest BCUT2D eigenvalue weighted by molar-refractivity contribution is 6.21. The number of esters is 2. The molecule has 1 saturated heterocycles. The number of hydrogen-bond donors (Lipinski definition) is 0. The molecule has 0 spiro atoms. The van der Waals surface area contributed by atoms with Crippen LogP contribution in [0.1, 0.15) is 98.7 Å². The number of carbonyl (C=O) groups excluding carboxylic acids is 2. The fourth-order valence-electron chi connectivity index (χ4n) is 9.64. The number of cyclic esters (lactones) is 2. The molecule has 7 rings (SSSR count). The van der Waals surface area contributed by atoms with Crippen LogP contribution in [0.5, 0.6) is 0 Å². The Balaban J connectivity index is 1.29. The van der Waals surface area contributed by atoms with Gasteiger partial charge in [-0.3, -0.25) is 0 Å². The van der Waals surface area contributed by atoms with Crippen molar-refractivity contribution in [1.82, 2.24) is 0 Å². The lowest BCUT2D eigenvalue weighted by Crippen LogP contribution is -2.27. The smallest absolute Gasteiger partial charge is 0.346 e. The molecule has 0 aromatic heterocycles. The largest absolute Gasteiger partial charge is 0.386 e. The molecule has 3 saturated carbocycles. The van der Waals surface area contributed by atoms with Crippen molar-refractivity contribution in [3.63, 3.8) is 0 Å². The molecule has 4 fully saturated rings. The molecule has 1 aliphatic heterocycles. The molecule has 4 unspecified atom stereocenters. The van der Waals surface area contributed by atoms with Crippen molar-refractivity contribution in [3.8, 4) is 0 Å². The zero-order valence-corrected chi connectivity index (χ0v) is 31.9. The molecule has 52 heavy (non-hydrogen) atoms. The minimum absolute atomic E-state index is 0.385. The molecular formula is C47H54N2O3. The molecule has 5 nitrogen and oxygen atoms in total. The number of ether oxygens (including phenoxy) is 1. The Morgan fingerprint density at radius 2 is 1.17 bits per heavy atom. The van der Waals surface area contributed by atoms with Gasteiger partial charge in [-0.05, 0) is 173 Å². The van der Waals surface area contributed by atoms with Crippen molar-refractivity contribution >= 4 is 53.7 Å². The van der Waals surface area contributed by atoms with Gasteiger partial charge in [-0.1, -0.05) is 54.1 Å². The molecule has 4 atom stereocenters. The molecule has 0 amide bonds. The quantitative estimate of drug-likeness (QED) is 0.0865. The fourth-order valence-corrected chi connectivity index (χ4v) is 9.64. The number of hydrogen-bond acceptors (Lipinski definition) is 5. The molecule has 3 aromatic rings. The first-order valence-electron chi connectivity index (χ1n) is 19.6. The van der Waals surface area contributed by atoms with Gasteiger partial charge < -0.3 is 14.5 Å². The predicted molar refractivity (Wildman–Crippen MR) is 217 cm³/mol. The minimum Gasteiger partial charge on any atom is -0.386 e. The number of fused-ring (bicyclic) bond motifs is 2. The van der Waals surface area contributed by atoms with Crippen molar-refractivity contribution in [1.29, 1.82) is 0 Å². The summed E-state index contributed by atoms with van der Waals surface area (Å²) in [7, 11) is 0.